The quantitative estimate of drug-likeness (QED) is 0.865. The SMILES string of the molecule is COC(=O)C1CC(Oc2ccc(Br)cc2F)CN1. The van der Waals surface area contributed by atoms with Crippen LogP contribution in [0.15, 0.2) is 22.7 Å². The van der Waals surface area contributed by atoms with Gasteiger partial charge >= 0.3 is 5.97 Å². The van der Waals surface area contributed by atoms with Crippen molar-refractivity contribution >= 4 is 21.9 Å². The molecular formula is C12H13BrFNO3. The second-order valence-electron chi connectivity index (χ2n) is 4.03. The topological polar surface area (TPSA) is 47.6 Å². The smallest absolute Gasteiger partial charge is 0.323 e. The first-order valence-corrected chi connectivity index (χ1v) is 6.32. The van der Waals surface area contributed by atoms with Crippen LogP contribution in [-0.2, 0) is 9.53 Å². The number of halogens is 2. The molecule has 6 heteroatoms. The lowest BCUT2D eigenvalue weighted by Gasteiger charge is -2.13. The van der Waals surface area contributed by atoms with Gasteiger partial charge in [-0.15, -0.1) is 0 Å². The van der Waals surface area contributed by atoms with Crippen molar-refractivity contribution in [2.45, 2.75) is 18.6 Å². The first-order chi connectivity index (χ1) is 8.60. The molecule has 0 radical (unpaired) electrons. The average Bonchev–Trinajstić information content (AvgIpc) is 2.80. The molecule has 2 unspecified atom stereocenters. The first-order valence-electron chi connectivity index (χ1n) is 5.53. The Hall–Kier alpha value is -1.14. The van der Waals surface area contributed by atoms with E-state index in [9.17, 15) is 9.18 Å². The molecule has 0 saturated carbocycles. The fourth-order valence-electron chi connectivity index (χ4n) is 1.87. The fourth-order valence-corrected chi connectivity index (χ4v) is 2.20. The molecule has 18 heavy (non-hydrogen) atoms. The van der Waals surface area contributed by atoms with Crippen molar-refractivity contribution in [1.29, 1.82) is 0 Å². The molecule has 98 valence electrons. The second kappa shape index (κ2) is 5.67. The number of hydrogen-bond donors (Lipinski definition) is 1. The lowest BCUT2D eigenvalue weighted by atomic mass is 10.2. The van der Waals surface area contributed by atoms with Crippen LogP contribution >= 0.6 is 15.9 Å². The minimum Gasteiger partial charge on any atom is -0.486 e. The number of carbonyl (C=O) groups is 1. The Balaban J connectivity index is 1.97. The van der Waals surface area contributed by atoms with E-state index in [1.807, 2.05) is 0 Å². The molecule has 0 bridgehead atoms. The van der Waals surface area contributed by atoms with Crippen LogP contribution in [0.2, 0.25) is 0 Å². The van der Waals surface area contributed by atoms with E-state index in [1.165, 1.54) is 13.2 Å². The molecule has 1 heterocycles. The zero-order chi connectivity index (χ0) is 13.1. The number of methoxy groups -OCH3 is 1. The van der Waals surface area contributed by atoms with E-state index in [2.05, 4.69) is 26.0 Å². The molecule has 4 nitrogen and oxygen atoms in total. The summed E-state index contributed by atoms with van der Waals surface area (Å²) >= 11 is 3.18. The Morgan fingerprint density at radius 3 is 3.00 bits per heavy atom. The molecule has 1 aromatic rings. The van der Waals surface area contributed by atoms with Gasteiger partial charge in [-0.2, -0.15) is 0 Å². The van der Waals surface area contributed by atoms with Gasteiger partial charge in [0.05, 0.1) is 7.11 Å². The van der Waals surface area contributed by atoms with Gasteiger partial charge in [0, 0.05) is 17.4 Å². The van der Waals surface area contributed by atoms with E-state index in [4.69, 9.17) is 4.74 Å². The monoisotopic (exact) mass is 317 g/mol. The zero-order valence-electron chi connectivity index (χ0n) is 9.78. The van der Waals surface area contributed by atoms with Crippen LogP contribution in [0.3, 0.4) is 0 Å². The molecular weight excluding hydrogens is 305 g/mol. The van der Waals surface area contributed by atoms with Gasteiger partial charge in [0.25, 0.3) is 0 Å². The number of carbonyl (C=O) groups excluding carboxylic acids is 1. The van der Waals surface area contributed by atoms with Crippen molar-refractivity contribution in [3.63, 3.8) is 0 Å². The second-order valence-corrected chi connectivity index (χ2v) is 4.95. The number of rotatable bonds is 3. The highest BCUT2D eigenvalue weighted by atomic mass is 79.9. The minimum atomic E-state index is -0.425. The molecule has 1 saturated heterocycles. The third-order valence-electron chi connectivity index (χ3n) is 2.76. The third-order valence-corrected chi connectivity index (χ3v) is 3.26. The summed E-state index contributed by atoms with van der Waals surface area (Å²) in [7, 11) is 1.34. The summed E-state index contributed by atoms with van der Waals surface area (Å²) in [5.74, 6) is -0.557. The summed E-state index contributed by atoms with van der Waals surface area (Å²) in [6.07, 6.45) is 0.243. The molecule has 1 N–H and O–H groups in total. The predicted octanol–water partition coefficient (Wildman–Crippen LogP) is 1.87. The number of hydrogen-bond acceptors (Lipinski definition) is 4. The van der Waals surface area contributed by atoms with Crippen molar-refractivity contribution in [2.75, 3.05) is 13.7 Å². The Morgan fingerprint density at radius 2 is 2.33 bits per heavy atom. The van der Waals surface area contributed by atoms with Crippen LogP contribution in [0.5, 0.6) is 5.75 Å². The molecule has 0 amide bonds. The summed E-state index contributed by atoms with van der Waals surface area (Å²) in [5.41, 5.74) is 0. The number of nitrogens with one attached hydrogen (secondary N) is 1. The molecule has 1 aliphatic heterocycles. The van der Waals surface area contributed by atoms with E-state index in [1.54, 1.807) is 12.1 Å². The van der Waals surface area contributed by atoms with E-state index < -0.39 is 5.82 Å². The summed E-state index contributed by atoms with van der Waals surface area (Å²) in [4.78, 5) is 11.3. The average molecular weight is 318 g/mol. The highest BCUT2D eigenvalue weighted by Gasteiger charge is 2.31. The largest absolute Gasteiger partial charge is 0.486 e. The summed E-state index contributed by atoms with van der Waals surface area (Å²) < 4.78 is 24.4. The Bertz CT molecular complexity index is 455. The van der Waals surface area contributed by atoms with Crippen molar-refractivity contribution in [3.8, 4) is 5.75 Å². The van der Waals surface area contributed by atoms with Gasteiger partial charge in [-0.3, -0.25) is 4.79 Å². The Morgan fingerprint density at radius 1 is 1.56 bits per heavy atom. The molecule has 1 aromatic carbocycles. The summed E-state index contributed by atoms with van der Waals surface area (Å²) in [6, 6.07) is 4.23. The number of esters is 1. The first kappa shape index (κ1) is 13.3. The maximum atomic E-state index is 13.6. The Labute approximate surface area is 113 Å². The summed E-state index contributed by atoms with van der Waals surface area (Å²) in [6.45, 7) is 0.495. The van der Waals surface area contributed by atoms with Gasteiger partial charge in [-0.25, -0.2) is 4.39 Å². The lowest BCUT2D eigenvalue weighted by Crippen LogP contribution is -2.31. The normalized spacial score (nSPS) is 22.8. The van der Waals surface area contributed by atoms with Crippen LogP contribution in [0.4, 0.5) is 4.39 Å². The molecule has 0 aliphatic carbocycles. The summed E-state index contributed by atoms with van der Waals surface area (Å²) in [5, 5.41) is 2.98. The lowest BCUT2D eigenvalue weighted by molar-refractivity contribution is -0.142. The minimum absolute atomic E-state index is 0.190. The molecule has 1 aliphatic rings. The van der Waals surface area contributed by atoms with Gasteiger partial charge in [-0.1, -0.05) is 15.9 Å². The van der Waals surface area contributed by atoms with Crippen LogP contribution in [0, 0.1) is 5.82 Å². The Kier molecular flexibility index (Phi) is 4.19. The zero-order valence-corrected chi connectivity index (χ0v) is 11.4. The van der Waals surface area contributed by atoms with Crippen LogP contribution in [0.25, 0.3) is 0 Å². The maximum absolute atomic E-state index is 13.6. The van der Waals surface area contributed by atoms with Crippen LogP contribution in [0.1, 0.15) is 6.42 Å². The highest BCUT2D eigenvalue weighted by molar-refractivity contribution is 9.10. The third kappa shape index (κ3) is 3.00. The number of ether oxygens (including phenoxy) is 2. The van der Waals surface area contributed by atoms with Gasteiger partial charge in [0.15, 0.2) is 11.6 Å². The van der Waals surface area contributed by atoms with E-state index in [0.29, 0.717) is 17.4 Å². The van der Waals surface area contributed by atoms with E-state index in [-0.39, 0.29) is 23.9 Å². The maximum Gasteiger partial charge on any atom is 0.323 e. The predicted molar refractivity (Wildman–Crippen MR) is 66.9 cm³/mol. The highest BCUT2D eigenvalue weighted by Crippen LogP contribution is 2.24. The van der Waals surface area contributed by atoms with Crippen molar-refractivity contribution < 1.29 is 18.7 Å². The molecule has 0 aromatic heterocycles. The van der Waals surface area contributed by atoms with E-state index in [0.717, 1.165) is 0 Å². The standard InChI is InChI=1S/C12H13BrFNO3/c1-17-12(16)10-5-8(6-15-10)18-11-3-2-7(13)4-9(11)14/h2-4,8,10,15H,5-6H2,1H3. The van der Waals surface area contributed by atoms with E-state index >= 15 is 0 Å². The van der Waals surface area contributed by atoms with Gasteiger partial charge < -0.3 is 14.8 Å². The fraction of sp³-hybridized carbons (Fsp3) is 0.417. The van der Waals surface area contributed by atoms with Crippen molar-refractivity contribution in [2.24, 2.45) is 0 Å². The van der Waals surface area contributed by atoms with Gasteiger partial charge in [0.2, 0.25) is 0 Å². The van der Waals surface area contributed by atoms with Gasteiger partial charge in [-0.05, 0) is 18.2 Å². The number of benzene rings is 1. The van der Waals surface area contributed by atoms with Crippen molar-refractivity contribution in [3.05, 3.63) is 28.5 Å². The molecule has 2 rings (SSSR count). The van der Waals surface area contributed by atoms with Crippen LogP contribution in [-0.4, -0.2) is 31.8 Å². The molecule has 2 atom stereocenters. The molecule has 0 spiro atoms. The van der Waals surface area contributed by atoms with Gasteiger partial charge in [0.1, 0.15) is 12.1 Å². The van der Waals surface area contributed by atoms with Crippen LogP contribution < -0.4 is 10.1 Å². The van der Waals surface area contributed by atoms with Crippen molar-refractivity contribution in [1.82, 2.24) is 5.32 Å². The molecule has 1 fully saturated rings.